The molecule has 1 aliphatic heterocycles. The van der Waals surface area contributed by atoms with Gasteiger partial charge in [-0.3, -0.25) is 9.69 Å². The second kappa shape index (κ2) is 8.45. The topological polar surface area (TPSA) is 61.4 Å². The summed E-state index contributed by atoms with van der Waals surface area (Å²) >= 11 is 1.17. The van der Waals surface area contributed by atoms with Crippen LogP contribution in [0.3, 0.4) is 0 Å². The monoisotopic (exact) mass is 381 g/mol. The van der Waals surface area contributed by atoms with Crippen LogP contribution >= 0.6 is 11.7 Å². The first-order valence-electron chi connectivity index (χ1n) is 9.32. The van der Waals surface area contributed by atoms with Gasteiger partial charge in [-0.25, -0.2) is 0 Å². The van der Waals surface area contributed by atoms with Crippen molar-refractivity contribution in [3.05, 3.63) is 54.1 Å². The number of amides is 1. The van der Waals surface area contributed by atoms with E-state index >= 15 is 0 Å². The van der Waals surface area contributed by atoms with Crippen LogP contribution in [0.25, 0.3) is 11.0 Å². The molecule has 2 aromatic carbocycles. The molecule has 0 atom stereocenters. The number of nitrogens with zero attached hydrogens (tertiary/aromatic N) is 4. The van der Waals surface area contributed by atoms with Crippen LogP contribution in [-0.2, 0) is 0 Å². The number of carbonyl (C=O) groups excluding carboxylic acids is 1. The quantitative estimate of drug-likeness (QED) is 0.665. The predicted octanol–water partition coefficient (Wildman–Crippen LogP) is 2.63. The third-order valence-corrected chi connectivity index (χ3v) is 5.50. The number of nitrogens with one attached hydrogen (secondary N) is 1. The molecule has 1 aromatic heterocycles. The molecular weight excluding hydrogens is 358 g/mol. The lowest BCUT2D eigenvalue weighted by Gasteiger charge is -2.36. The first kappa shape index (κ1) is 17.9. The molecule has 4 rings (SSSR count). The van der Waals surface area contributed by atoms with E-state index in [9.17, 15) is 4.79 Å². The summed E-state index contributed by atoms with van der Waals surface area (Å²) in [5.41, 5.74) is 3.57. The average molecular weight is 382 g/mol. The van der Waals surface area contributed by atoms with Crippen molar-refractivity contribution in [2.24, 2.45) is 0 Å². The average Bonchev–Trinajstić information content (AvgIpc) is 3.20. The van der Waals surface area contributed by atoms with Gasteiger partial charge < -0.3 is 10.2 Å². The molecule has 140 valence electrons. The third kappa shape index (κ3) is 4.43. The van der Waals surface area contributed by atoms with E-state index in [1.807, 2.05) is 12.1 Å². The molecule has 1 fully saturated rings. The van der Waals surface area contributed by atoms with Crippen LogP contribution in [0.2, 0.25) is 0 Å². The van der Waals surface area contributed by atoms with Crippen molar-refractivity contribution in [3.8, 4) is 0 Å². The van der Waals surface area contributed by atoms with Crippen molar-refractivity contribution in [2.45, 2.75) is 6.42 Å². The van der Waals surface area contributed by atoms with Gasteiger partial charge in [-0.15, -0.1) is 0 Å². The number of benzene rings is 2. The molecule has 3 aromatic rings. The molecule has 0 bridgehead atoms. The lowest BCUT2D eigenvalue weighted by molar-refractivity contribution is 0.0951. The van der Waals surface area contributed by atoms with E-state index in [1.54, 1.807) is 6.07 Å². The lowest BCUT2D eigenvalue weighted by Crippen LogP contribution is -2.47. The van der Waals surface area contributed by atoms with Gasteiger partial charge in [-0.05, 0) is 43.3 Å². The normalized spacial score (nSPS) is 15.2. The van der Waals surface area contributed by atoms with Crippen molar-refractivity contribution in [3.63, 3.8) is 0 Å². The Labute approximate surface area is 163 Å². The third-order valence-electron chi connectivity index (χ3n) is 4.95. The molecule has 1 amide bonds. The zero-order valence-electron chi connectivity index (χ0n) is 15.2. The van der Waals surface area contributed by atoms with Gasteiger partial charge in [0.2, 0.25) is 0 Å². The first-order chi connectivity index (χ1) is 13.3. The molecule has 0 spiro atoms. The van der Waals surface area contributed by atoms with Crippen molar-refractivity contribution in [1.82, 2.24) is 19.0 Å². The van der Waals surface area contributed by atoms with Gasteiger partial charge in [0.25, 0.3) is 5.91 Å². The molecule has 1 aliphatic rings. The Morgan fingerprint density at radius 3 is 2.59 bits per heavy atom. The summed E-state index contributed by atoms with van der Waals surface area (Å²) in [5, 5.41) is 3.01. The maximum absolute atomic E-state index is 12.3. The highest BCUT2D eigenvalue weighted by atomic mass is 32.1. The van der Waals surface area contributed by atoms with Gasteiger partial charge in [0.05, 0.1) is 11.7 Å². The van der Waals surface area contributed by atoms with E-state index < -0.39 is 0 Å². The molecule has 0 saturated carbocycles. The van der Waals surface area contributed by atoms with Crippen molar-refractivity contribution >= 4 is 34.4 Å². The summed E-state index contributed by atoms with van der Waals surface area (Å²) in [6, 6.07) is 16.0. The van der Waals surface area contributed by atoms with Crippen LogP contribution < -0.4 is 10.2 Å². The second-order valence-corrected chi connectivity index (χ2v) is 7.27. The molecule has 7 heteroatoms. The summed E-state index contributed by atoms with van der Waals surface area (Å²) < 4.78 is 8.35. The number of hydrogen-bond acceptors (Lipinski definition) is 6. The molecule has 2 heterocycles. The Bertz CT molecular complexity index is 890. The van der Waals surface area contributed by atoms with Crippen LogP contribution in [0.5, 0.6) is 0 Å². The van der Waals surface area contributed by atoms with Crippen LogP contribution in [0.15, 0.2) is 48.5 Å². The summed E-state index contributed by atoms with van der Waals surface area (Å²) in [6.45, 7) is 5.94. The zero-order chi connectivity index (χ0) is 18.5. The highest BCUT2D eigenvalue weighted by molar-refractivity contribution is 7.00. The van der Waals surface area contributed by atoms with Gasteiger partial charge in [0.15, 0.2) is 0 Å². The van der Waals surface area contributed by atoms with E-state index in [-0.39, 0.29) is 5.91 Å². The van der Waals surface area contributed by atoms with E-state index in [0.717, 1.165) is 50.2 Å². The van der Waals surface area contributed by atoms with Crippen molar-refractivity contribution < 1.29 is 4.79 Å². The molecule has 0 radical (unpaired) electrons. The Hall–Kier alpha value is -2.51. The Balaban J connectivity index is 1.18. The Morgan fingerprint density at radius 2 is 1.78 bits per heavy atom. The summed E-state index contributed by atoms with van der Waals surface area (Å²) in [7, 11) is 0. The first-order valence-corrected chi connectivity index (χ1v) is 10.1. The van der Waals surface area contributed by atoms with Crippen LogP contribution in [0.1, 0.15) is 16.8 Å². The molecular formula is C20H23N5OS. The maximum Gasteiger partial charge on any atom is 0.251 e. The van der Waals surface area contributed by atoms with Gasteiger partial charge >= 0.3 is 0 Å². The van der Waals surface area contributed by atoms with Crippen LogP contribution in [0.4, 0.5) is 5.69 Å². The van der Waals surface area contributed by atoms with Gasteiger partial charge in [0, 0.05) is 44.0 Å². The minimum atomic E-state index is -0.0428. The number of carbonyl (C=O) groups is 1. The van der Waals surface area contributed by atoms with E-state index in [0.29, 0.717) is 12.1 Å². The molecule has 1 N–H and O–H groups in total. The minimum absolute atomic E-state index is 0.0428. The summed E-state index contributed by atoms with van der Waals surface area (Å²) in [6.07, 6.45) is 0.956. The summed E-state index contributed by atoms with van der Waals surface area (Å²) in [5.74, 6) is -0.0428. The minimum Gasteiger partial charge on any atom is -0.369 e. The largest absolute Gasteiger partial charge is 0.369 e. The summed E-state index contributed by atoms with van der Waals surface area (Å²) in [4.78, 5) is 17.2. The lowest BCUT2D eigenvalue weighted by atomic mass is 10.2. The highest BCUT2D eigenvalue weighted by Gasteiger charge is 2.16. The smallest absolute Gasteiger partial charge is 0.251 e. The van der Waals surface area contributed by atoms with E-state index in [4.69, 9.17) is 0 Å². The van der Waals surface area contributed by atoms with Crippen LogP contribution in [-0.4, -0.2) is 58.8 Å². The van der Waals surface area contributed by atoms with Gasteiger partial charge in [-0.2, -0.15) is 8.75 Å². The number of rotatable bonds is 6. The predicted molar refractivity (Wildman–Crippen MR) is 109 cm³/mol. The number of fused-ring (bicyclic) bond motifs is 1. The van der Waals surface area contributed by atoms with Crippen LogP contribution in [0, 0.1) is 0 Å². The Morgan fingerprint density at radius 1 is 1.00 bits per heavy atom. The standard InChI is InChI=1S/C20H23N5OS/c26-20(16-7-8-18-19(15-16)23-27-22-18)21-9-4-10-24-11-13-25(14-12-24)17-5-2-1-3-6-17/h1-3,5-8,15H,4,9-14H2,(H,21,26). The fraction of sp³-hybridized carbons (Fsp3) is 0.350. The van der Waals surface area contributed by atoms with Crippen molar-refractivity contribution in [2.75, 3.05) is 44.2 Å². The molecule has 1 saturated heterocycles. The number of piperazine rings is 1. The molecule has 0 unspecified atom stereocenters. The number of hydrogen-bond donors (Lipinski definition) is 1. The number of aromatic nitrogens is 2. The van der Waals surface area contributed by atoms with Crippen molar-refractivity contribution in [1.29, 1.82) is 0 Å². The highest BCUT2D eigenvalue weighted by Crippen LogP contribution is 2.16. The number of anilines is 1. The Kier molecular flexibility index (Phi) is 5.60. The SMILES string of the molecule is O=C(NCCCN1CCN(c2ccccc2)CC1)c1ccc2nsnc2c1. The van der Waals surface area contributed by atoms with Gasteiger partial charge in [0.1, 0.15) is 11.0 Å². The second-order valence-electron chi connectivity index (χ2n) is 6.74. The maximum atomic E-state index is 12.3. The molecule has 0 aliphatic carbocycles. The fourth-order valence-corrected chi connectivity index (χ4v) is 3.92. The van der Waals surface area contributed by atoms with E-state index in [1.165, 1.54) is 17.4 Å². The van der Waals surface area contributed by atoms with E-state index in [2.05, 4.69) is 54.2 Å². The number of para-hydroxylation sites is 1. The molecule has 27 heavy (non-hydrogen) atoms. The fourth-order valence-electron chi connectivity index (χ4n) is 3.40. The van der Waals surface area contributed by atoms with Gasteiger partial charge in [-0.1, -0.05) is 18.2 Å². The molecule has 6 nitrogen and oxygen atoms in total. The zero-order valence-corrected chi connectivity index (χ0v) is 16.0.